The van der Waals surface area contributed by atoms with Crippen LogP contribution in [0, 0.1) is 0 Å². The molecule has 0 fully saturated rings. The Balaban J connectivity index is 2.13. The quantitative estimate of drug-likeness (QED) is 0.710. The number of nitrogens with one attached hydrogen (secondary N) is 2. The summed E-state index contributed by atoms with van der Waals surface area (Å²) in [5.41, 5.74) is 6.78. The molecule has 0 spiro atoms. The van der Waals surface area contributed by atoms with Gasteiger partial charge in [0.2, 0.25) is 0 Å². The van der Waals surface area contributed by atoms with Crippen molar-refractivity contribution in [1.29, 1.82) is 0 Å². The molecular formula is C11H15N5. The van der Waals surface area contributed by atoms with E-state index in [1.165, 1.54) is 0 Å². The van der Waals surface area contributed by atoms with E-state index in [1.54, 1.807) is 12.4 Å². The lowest BCUT2D eigenvalue weighted by atomic mass is 10.1. The first-order chi connectivity index (χ1) is 7.79. The van der Waals surface area contributed by atoms with Gasteiger partial charge >= 0.3 is 0 Å². The van der Waals surface area contributed by atoms with Gasteiger partial charge in [0.1, 0.15) is 11.6 Å². The van der Waals surface area contributed by atoms with Gasteiger partial charge in [-0.1, -0.05) is 0 Å². The van der Waals surface area contributed by atoms with Crippen molar-refractivity contribution in [3.05, 3.63) is 42.1 Å². The number of anilines is 1. The molecule has 0 radical (unpaired) electrons. The van der Waals surface area contributed by atoms with Crippen LogP contribution < -0.4 is 11.1 Å². The fraction of sp³-hybridized carbons (Fsp3) is 0.273. The normalized spacial score (nSPS) is 12.6. The number of H-pyrrole nitrogens is 1. The predicted molar refractivity (Wildman–Crippen MR) is 62.7 cm³/mol. The summed E-state index contributed by atoms with van der Waals surface area (Å²) in [6.07, 6.45) is 6.12. The van der Waals surface area contributed by atoms with E-state index < -0.39 is 0 Å². The van der Waals surface area contributed by atoms with Gasteiger partial charge < -0.3 is 16.0 Å². The van der Waals surface area contributed by atoms with E-state index in [4.69, 9.17) is 5.73 Å². The number of nitrogens with zero attached hydrogens (tertiary/aromatic N) is 2. The van der Waals surface area contributed by atoms with Crippen molar-refractivity contribution < 1.29 is 0 Å². The molecule has 1 atom stereocenters. The summed E-state index contributed by atoms with van der Waals surface area (Å²) >= 11 is 0. The number of hydrogen-bond donors (Lipinski definition) is 3. The van der Waals surface area contributed by atoms with Crippen LogP contribution in [-0.2, 0) is 6.42 Å². The smallest absolute Gasteiger partial charge is 0.123 e. The van der Waals surface area contributed by atoms with Crippen LogP contribution in [0.25, 0.3) is 0 Å². The van der Waals surface area contributed by atoms with Crippen molar-refractivity contribution in [3.8, 4) is 0 Å². The molecule has 0 aromatic carbocycles. The van der Waals surface area contributed by atoms with Crippen LogP contribution in [0.1, 0.15) is 17.4 Å². The minimum absolute atomic E-state index is 0.164. The highest BCUT2D eigenvalue weighted by molar-refractivity contribution is 5.32. The standard InChI is InChI=1S/C11H15N5/c1-13-9(11-15-4-5-16-11)6-8-2-3-14-10(12)7-8/h2-5,7,9,13H,6H2,1H3,(H2,12,14)(H,15,16). The van der Waals surface area contributed by atoms with Crippen LogP contribution >= 0.6 is 0 Å². The second kappa shape index (κ2) is 4.76. The molecule has 0 saturated carbocycles. The Morgan fingerprint density at radius 3 is 2.94 bits per heavy atom. The summed E-state index contributed by atoms with van der Waals surface area (Å²) in [4.78, 5) is 11.3. The maximum absolute atomic E-state index is 5.64. The Labute approximate surface area is 94.1 Å². The molecule has 84 valence electrons. The van der Waals surface area contributed by atoms with E-state index in [0.29, 0.717) is 5.82 Å². The van der Waals surface area contributed by atoms with Crippen molar-refractivity contribution in [3.63, 3.8) is 0 Å². The molecule has 16 heavy (non-hydrogen) atoms. The number of likely N-dealkylation sites (N-methyl/N-ethyl adjacent to an activating group) is 1. The molecule has 2 aromatic rings. The van der Waals surface area contributed by atoms with Crippen LogP contribution in [-0.4, -0.2) is 22.0 Å². The minimum atomic E-state index is 0.164. The molecule has 0 aliphatic carbocycles. The second-order valence-electron chi connectivity index (χ2n) is 3.61. The van der Waals surface area contributed by atoms with E-state index in [2.05, 4.69) is 20.3 Å². The van der Waals surface area contributed by atoms with Crippen LogP contribution in [0.2, 0.25) is 0 Å². The minimum Gasteiger partial charge on any atom is -0.384 e. The van der Waals surface area contributed by atoms with Gasteiger partial charge in [-0.15, -0.1) is 0 Å². The lowest BCUT2D eigenvalue weighted by Crippen LogP contribution is -2.20. The molecule has 0 bridgehead atoms. The van der Waals surface area contributed by atoms with Gasteiger partial charge in [-0.25, -0.2) is 9.97 Å². The van der Waals surface area contributed by atoms with Crippen LogP contribution in [0.15, 0.2) is 30.7 Å². The average Bonchev–Trinajstić information content (AvgIpc) is 2.79. The first-order valence-corrected chi connectivity index (χ1v) is 5.16. The van der Waals surface area contributed by atoms with E-state index in [-0.39, 0.29) is 6.04 Å². The zero-order valence-electron chi connectivity index (χ0n) is 9.14. The highest BCUT2D eigenvalue weighted by atomic mass is 15.0. The Kier molecular flexibility index (Phi) is 3.16. The molecule has 2 rings (SSSR count). The summed E-state index contributed by atoms with van der Waals surface area (Å²) in [6, 6.07) is 4.01. The molecule has 2 heterocycles. The van der Waals surface area contributed by atoms with Gasteiger partial charge in [0.15, 0.2) is 0 Å². The Morgan fingerprint density at radius 2 is 2.31 bits per heavy atom. The van der Waals surface area contributed by atoms with Crippen LogP contribution in [0.3, 0.4) is 0 Å². The topological polar surface area (TPSA) is 79.6 Å². The van der Waals surface area contributed by atoms with Gasteiger partial charge in [0.25, 0.3) is 0 Å². The fourth-order valence-corrected chi connectivity index (χ4v) is 1.66. The lowest BCUT2D eigenvalue weighted by molar-refractivity contribution is 0.563. The third-order valence-corrected chi connectivity index (χ3v) is 2.48. The highest BCUT2D eigenvalue weighted by Gasteiger charge is 2.12. The van der Waals surface area contributed by atoms with E-state index in [9.17, 15) is 0 Å². The Bertz CT molecular complexity index is 437. The first kappa shape index (κ1) is 10.6. The van der Waals surface area contributed by atoms with Gasteiger partial charge in [-0.2, -0.15) is 0 Å². The summed E-state index contributed by atoms with van der Waals surface area (Å²) in [5, 5.41) is 3.22. The number of aromatic amines is 1. The van der Waals surface area contributed by atoms with Crippen molar-refractivity contribution in [2.75, 3.05) is 12.8 Å². The maximum Gasteiger partial charge on any atom is 0.123 e. The second-order valence-corrected chi connectivity index (χ2v) is 3.61. The van der Waals surface area contributed by atoms with Gasteiger partial charge in [-0.05, 0) is 31.2 Å². The molecule has 0 saturated heterocycles. The summed E-state index contributed by atoms with van der Waals surface area (Å²) in [6.45, 7) is 0. The number of imidazole rings is 1. The molecule has 2 aromatic heterocycles. The number of nitrogen functional groups attached to an aromatic ring is 1. The molecule has 1 unspecified atom stereocenters. The molecule has 5 nitrogen and oxygen atoms in total. The zero-order chi connectivity index (χ0) is 11.4. The van der Waals surface area contributed by atoms with E-state index in [1.807, 2.05) is 25.4 Å². The van der Waals surface area contributed by atoms with Crippen LogP contribution in [0.4, 0.5) is 5.82 Å². The molecule has 4 N–H and O–H groups in total. The SMILES string of the molecule is CNC(Cc1ccnc(N)c1)c1ncc[nH]1. The number of aromatic nitrogens is 3. The summed E-state index contributed by atoms with van der Waals surface area (Å²) < 4.78 is 0. The fourth-order valence-electron chi connectivity index (χ4n) is 1.66. The third-order valence-electron chi connectivity index (χ3n) is 2.48. The molecule has 0 aliphatic heterocycles. The van der Waals surface area contributed by atoms with Crippen LogP contribution in [0.5, 0.6) is 0 Å². The van der Waals surface area contributed by atoms with Gasteiger partial charge in [0, 0.05) is 18.6 Å². The van der Waals surface area contributed by atoms with Gasteiger partial charge in [0.05, 0.1) is 6.04 Å². The van der Waals surface area contributed by atoms with E-state index >= 15 is 0 Å². The third kappa shape index (κ3) is 2.38. The number of hydrogen-bond acceptors (Lipinski definition) is 4. The zero-order valence-corrected chi connectivity index (χ0v) is 9.14. The maximum atomic E-state index is 5.64. The Hall–Kier alpha value is -1.88. The van der Waals surface area contributed by atoms with Crippen molar-refractivity contribution >= 4 is 5.82 Å². The lowest BCUT2D eigenvalue weighted by Gasteiger charge is -2.13. The van der Waals surface area contributed by atoms with Crippen molar-refractivity contribution in [2.24, 2.45) is 0 Å². The summed E-state index contributed by atoms with van der Waals surface area (Å²) in [7, 11) is 1.91. The first-order valence-electron chi connectivity index (χ1n) is 5.16. The molecular weight excluding hydrogens is 202 g/mol. The van der Waals surface area contributed by atoms with Gasteiger partial charge in [-0.3, -0.25) is 0 Å². The predicted octanol–water partition coefficient (Wildman–Crippen LogP) is 0.890. The Morgan fingerprint density at radius 1 is 1.44 bits per heavy atom. The van der Waals surface area contributed by atoms with Crippen molar-refractivity contribution in [1.82, 2.24) is 20.3 Å². The van der Waals surface area contributed by atoms with Crippen molar-refractivity contribution in [2.45, 2.75) is 12.5 Å². The average molecular weight is 217 g/mol. The number of pyridine rings is 1. The summed E-state index contributed by atoms with van der Waals surface area (Å²) in [5.74, 6) is 1.48. The highest BCUT2D eigenvalue weighted by Crippen LogP contribution is 2.15. The molecule has 0 amide bonds. The number of rotatable bonds is 4. The monoisotopic (exact) mass is 217 g/mol. The molecule has 0 aliphatic rings. The van der Waals surface area contributed by atoms with E-state index in [0.717, 1.165) is 17.8 Å². The number of nitrogens with two attached hydrogens (primary N) is 1. The molecule has 5 heteroatoms. The largest absolute Gasteiger partial charge is 0.384 e.